The van der Waals surface area contributed by atoms with Crippen LogP contribution in [0, 0.1) is 0 Å². The minimum atomic E-state index is -3.29. The Morgan fingerprint density at radius 1 is 1.13 bits per heavy atom. The van der Waals surface area contributed by atoms with Crippen molar-refractivity contribution < 1.29 is 17.9 Å². The van der Waals surface area contributed by atoms with Gasteiger partial charge in [-0.3, -0.25) is 9.10 Å². The van der Waals surface area contributed by atoms with Crippen LogP contribution in [0.15, 0.2) is 48.5 Å². The van der Waals surface area contributed by atoms with E-state index in [4.69, 9.17) is 4.74 Å². The van der Waals surface area contributed by atoms with Gasteiger partial charge in [0, 0.05) is 18.7 Å². The van der Waals surface area contributed by atoms with Crippen LogP contribution in [-0.2, 0) is 16.4 Å². The number of carbonyl (C=O) groups excluding carboxylic acids is 1. The highest BCUT2D eigenvalue weighted by molar-refractivity contribution is 7.92. The highest BCUT2D eigenvalue weighted by atomic mass is 32.2. The number of hydrogen-bond donors (Lipinski definition) is 1. The molecule has 1 aliphatic heterocycles. The predicted octanol–water partition coefficient (Wildman–Crippen LogP) is 3.77. The summed E-state index contributed by atoms with van der Waals surface area (Å²) in [5, 5.41) is 2.93. The van der Waals surface area contributed by atoms with Crippen LogP contribution in [0.2, 0.25) is 0 Å². The summed E-state index contributed by atoms with van der Waals surface area (Å²) in [5.74, 6) is 0.871. The molecule has 0 radical (unpaired) electrons. The number of benzene rings is 2. The molecule has 30 heavy (non-hydrogen) atoms. The number of sulfonamides is 1. The van der Waals surface area contributed by atoms with Crippen LogP contribution < -0.4 is 14.4 Å². The zero-order valence-electron chi connectivity index (χ0n) is 17.5. The predicted molar refractivity (Wildman–Crippen MR) is 120 cm³/mol. The molecule has 1 amide bonds. The Kier molecular flexibility index (Phi) is 7.74. The van der Waals surface area contributed by atoms with Gasteiger partial charge in [0.1, 0.15) is 5.75 Å². The number of aryl methyl sites for hydroxylation is 1. The molecule has 2 aromatic rings. The number of rotatable bonds is 9. The smallest absolute Gasteiger partial charge is 0.251 e. The Labute approximate surface area is 179 Å². The van der Waals surface area contributed by atoms with Crippen LogP contribution >= 0.6 is 0 Å². The normalized spacial score (nSPS) is 15.6. The second kappa shape index (κ2) is 10.5. The Morgan fingerprint density at radius 2 is 1.97 bits per heavy atom. The van der Waals surface area contributed by atoms with Gasteiger partial charge in [-0.2, -0.15) is 0 Å². The van der Waals surface area contributed by atoms with Crippen LogP contribution in [0.5, 0.6) is 5.75 Å². The molecule has 1 fully saturated rings. The van der Waals surface area contributed by atoms with Gasteiger partial charge in [0.15, 0.2) is 0 Å². The first kappa shape index (κ1) is 22.2. The summed E-state index contributed by atoms with van der Waals surface area (Å²) in [6.07, 6.45) is 4.08. The van der Waals surface area contributed by atoms with Crippen LogP contribution in [0.1, 0.15) is 48.5 Å². The molecular weight excluding hydrogens is 400 g/mol. The van der Waals surface area contributed by atoms with Crippen molar-refractivity contribution in [3.05, 3.63) is 59.7 Å². The third-order valence-electron chi connectivity index (χ3n) is 5.09. The van der Waals surface area contributed by atoms with E-state index in [1.807, 2.05) is 18.2 Å². The van der Waals surface area contributed by atoms with Gasteiger partial charge in [-0.25, -0.2) is 8.42 Å². The van der Waals surface area contributed by atoms with Gasteiger partial charge in [-0.1, -0.05) is 31.2 Å². The molecule has 1 saturated heterocycles. The highest BCUT2D eigenvalue weighted by Crippen LogP contribution is 2.24. The lowest BCUT2D eigenvalue weighted by molar-refractivity contribution is 0.0953. The average Bonchev–Trinajstić information content (AvgIpc) is 2.75. The molecule has 0 spiro atoms. The molecule has 162 valence electrons. The fraction of sp³-hybridized carbons (Fsp3) is 0.435. The van der Waals surface area contributed by atoms with Gasteiger partial charge in [-0.05, 0) is 61.9 Å². The van der Waals surface area contributed by atoms with Crippen molar-refractivity contribution in [1.29, 1.82) is 0 Å². The standard InChI is InChI=1S/C23H30N2O4S/c1-2-16-29-22-13-4-3-9-19(22)11-8-14-24-23(26)20-10-7-12-21(18-20)25-15-5-6-17-30(25,27)28/h3-4,7,9-10,12-13,18H,2,5-6,8,11,14-17H2,1H3,(H,24,26). The maximum absolute atomic E-state index is 12.6. The molecule has 6 nitrogen and oxygen atoms in total. The molecule has 0 saturated carbocycles. The topological polar surface area (TPSA) is 75.7 Å². The van der Waals surface area contributed by atoms with E-state index in [2.05, 4.69) is 18.3 Å². The van der Waals surface area contributed by atoms with Crippen LogP contribution in [0.4, 0.5) is 5.69 Å². The monoisotopic (exact) mass is 430 g/mol. The summed E-state index contributed by atoms with van der Waals surface area (Å²) >= 11 is 0. The molecule has 1 heterocycles. The maximum Gasteiger partial charge on any atom is 0.251 e. The summed E-state index contributed by atoms with van der Waals surface area (Å²) in [4.78, 5) is 12.6. The third kappa shape index (κ3) is 5.75. The molecule has 1 aliphatic rings. The molecule has 0 atom stereocenters. The highest BCUT2D eigenvalue weighted by Gasteiger charge is 2.26. The van der Waals surface area contributed by atoms with Gasteiger partial charge in [0.05, 0.1) is 18.0 Å². The van der Waals surface area contributed by atoms with Gasteiger partial charge in [-0.15, -0.1) is 0 Å². The lowest BCUT2D eigenvalue weighted by Crippen LogP contribution is -2.38. The first-order valence-electron chi connectivity index (χ1n) is 10.6. The van der Waals surface area contributed by atoms with Crippen LogP contribution in [0.25, 0.3) is 0 Å². The van der Waals surface area contributed by atoms with Crippen molar-refractivity contribution in [2.24, 2.45) is 0 Å². The fourth-order valence-electron chi connectivity index (χ4n) is 3.53. The zero-order chi connectivity index (χ0) is 21.4. The molecule has 3 rings (SSSR count). The van der Waals surface area contributed by atoms with E-state index in [9.17, 15) is 13.2 Å². The number of para-hydroxylation sites is 1. The number of anilines is 1. The molecular formula is C23H30N2O4S. The second-order valence-electron chi connectivity index (χ2n) is 7.46. The Bertz CT molecular complexity index is 959. The summed E-state index contributed by atoms with van der Waals surface area (Å²) in [6.45, 7) is 3.77. The van der Waals surface area contributed by atoms with Crippen LogP contribution in [-0.4, -0.2) is 39.8 Å². The maximum atomic E-state index is 12.6. The van der Waals surface area contributed by atoms with E-state index in [0.717, 1.165) is 37.0 Å². The largest absolute Gasteiger partial charge is 0.493 e. The average molecular weight is 431 g/mol. The second-order valence-corrected chi connectivity index (χ2v) is 9.47. The van der Waals surface area contributed by atoms with E-state index in [0.29, 0.717) is 37.4 Å². The van der Waals surface area contributed by atoms with E-state index >= 15 is 0 Å². The SMILES string of the molecule is CCCOc1ccccc1CCCNC(=O)c1cccc(N2CCCCS2(=O)=O)c1. The van der Waals surface area contributed by atoms with E-state index in [1.165, 1.54) is 4.31 Å². The summed E-state index contributed by atoms with van der Waals surface area (Å²) in [7, 11) is -3.29. The van der Waals surface area contributed by atoms with E-state index in [1.54, 1.807) is 24.3 Å². The lowest BCUT2D eigenvalue weighted by Gasteiger charge is -2.28. The number of amides is 1. The Balaban J connectivity index is 1.55. The number of nitrogens with zero attached hydrogens (tertiary/aromatic N) is 1. The lowest BCUT2D eigenvalue weighted by atomic mass is 10.1. The van der Waals surface area contributed by atoms with Gasteiger partial charge in [0.25, 0.3) is 5.91 Å². The minimum Gasteiger partial charge on any atom is -0.493 e. The number of carbonyl (C=O) groups is 1. The summed E-state index contributed by atoms with van der Waals surface area (Å²) < 4.78 is 31.8. The number of nitrogens with one attached hydrogen (secondary N) is 1. The molecule has 0 aromatic heterocycles. The molecule has 2 aromatic carbocycles. The molecule has 0 bridgehead atoms. The van der Waals surface area contributed by atoms with E-state index < -0.39 is 10.0 Å². The van der Waals surface area contributed by atoms with Gasteiger partial charge < -0.3 is 10.1 Å². The first-order valence-corrected chi connectivity index (χ1v) is 12.2. The fourth-order valence-corrected chi connectivity index (χ4v) is 5.16. The van der Waals surface area contributed by atoms with Crippen molar-refractivity contribution in [3.63, 3.8) is 0 Å². The van der Waals surface area contributed by atoms with Gasteiger partial charge in [0.2, 0.25) is 10.0 Å². The quantitative estimate of drug-likeness (QED) is 0.615. The van der Waals surface area contributed by atoms with Crippen molar-refractivity contribution in [1.82, 2.24) is 5.32 Å². The van der Waals surface area contributed by atoms with Gasteiger partial charge >= 0.3 is 0 Å². The van der Waals surface area contributed by atoms with Crippen molar-refractivity contribution in [2.75, 3.05) is 29.8 Å². The Morgan fingerprint density at radius 3 is 2.77 bits per heavy atom. The third-order valence-corrected chi connectivity index (χ3v) is 6.96. The molecule has 1 N–H and O–H groups in total. The molecule has 0 unspecified atom stereocenters. The minimum absolute atomic E-state index is 0.160. The van der Waals surface area contributed by atoms with E-state index in [-0.39, 0.29) is 11.7 Å². The van der Waals surface area contributed by atoms with Crippen molar-refractivity contribution >= 4 is 21.6 Å². The number of hydrogen-bond acceptors (Lipinski definition) is 4. The van der Waals surface area contributed by atoms with Crippen molar-refractivity contribution in [2.45, 2.75) is 39.0 Å². The summed E-state index contributed by atoms with van der Waals surface area (Å²) in [5.41, 5.74) is 2.17. The molecule has 7 heteroatoms. The molecule has 0 aliphatic carbocycles. The first-order chi connectivity index (χ1) is 14.5. The van der Waals surface area contributed by atoms with Crippen LogP contribution in [0.3, 0.4) is 0 Å². The number of ether oxygens (including phenoxy) is 1. The summed E-state index contributed by atoms with van der Waals surface area (Å²) in [6, 6.07) is 14.8. The van der Waals surface area contributed by atoms with Crippen molar-refractivity contribution in [3.8, 4) is 5.75 Å². The Hall–Kier alpha value is -2.54. The zero-order valence-corrected chi connectivity index (χ0v) is 18.3.